The third kappa shape index (κ3) is 5.07. The molecule has 2 amide bonds. The van der Waals surface area contributed by atoms with Gasteiger partial charge in [0.15, 0.2) is 0 Å². The molecule has 0 unspecified atom stereocenters. The average Bonchev–Trinajstić information content (AvgIpc) is 2.55. The molecule has 2 aromatic carbocycles. The Hall–Kier alpha value is -1.86. The molecule has 118 valence electrons. The van der Waals surface area contributed by atoms with Crippen LogP contribution in [0.4, 0.5) is 5.69 Å². The predicted octanol–water partition coefficient (Wildman–Crippen LogP) is 3.96. The zero-order valence-electron chi connectivity index (χ0n) is 12.3. The summed E-state index contributed by atoms with van der Waals surface area (Å²) in [6.07, 6.45) is 3.09. The summed E-state index contributed by atoms with van der Waals surface area (Å²) >= 11 is 8.22. The quantitative estimate of drug-likeness (QED) is 0.559. The Morgan fingerprint density at radius 3 is 2.43 bits per heavy atom. The number of hydrogen-bond donors (Lipinski definition) is 2. The van der Waals surface area contributed by atoms with Gasteiger partial charge in [-0.3, -0.25) is 9.59 Å². The Morgan fingerprint density at radius 1 is 1.13 bits per heavy atom. The van der Waals surface area contributed by atoms with E-state index in [0.717, 1.165) is 9.13 Å². The van der Waals surface area contributed by atoms with E-state index in [9.17, 15) is 9.59 Å². The van der Waals surface area contributed by atoms with E-state index >= 15 is 0 Å². The second-order valence-corrected chi connectivity index (χ2v) is 6.30. The van der Waals surface area contributed by atoms with E-state index < -0.39 is 0 Å². The van der Waals surface area contributed by atoms with Crippen molar-refractivity contribution in [2.75, 3.05) is 12.4 Å². The molecule has 0 radical (unpaired) electrons. The molecule has 0 fully saturated rings. The van der Waals surface area contributed by atoms with Crippen LogP contribution in [0.25, 0.3) is 6.08 Å². The van der Waals surface area contributed by atoms with Crippen LogP contribution in [0, 0.1) is 3.57 Å². The summed E-state index contributed by atoms with van der Waals surface area (Å²) in [5, 5.41) is 5.77. The molecule has 2 N–H and O–H groups in total. The van der Waals surface area contributed by atoms with Crippen molar-refractivity contribution in [2.24, 2.45) is 0 Å². The molecule has 0 atom stereocenters. The third-order valence-electron chi connectivity index (χ3n) is 3.02. The van der Waals surface area contributed by atoms with Gasteiger partial charge in [-0.05, 0) is 64.6 Å². The number of carbonyl (C=O) groups is 2. The van der Waals surface area contributed by atoms with Crippen LogP contribution in [0.2, 0.25) is 5.02 Å². The fourth-order valence-electron chi connectivity index (χ4n) is 1.83. The first-order chi connectivity index (χ1) is 11.0. The van der Waals surface area contributed by atoms with Crippen LogP contribution in [0.1, 0.15) is 15.9 Å². The van der Waals surface area contributed by atoms with Gasteiger partial charge in [-0.1, -0.05) is 23.7 Å². The maximum Gasteiger partial charge on any atom is 0.251 e. The lowest BCUT2D eigenvalue weighted by Crippen LogP contribution is -2.17. The first-order valence-corrected chi connectivity index (χ1v) is 8.21. The van der Waals surface area contributed by atoms with Crippen molar-refractivity contribution >= 4 is 57.8 Å². The van der Waals surface area contributed by atoms with Crippen LogP contribution in [-0.4, -0.2) is 18.9 Å². The summed E-state index contributed by atoms with van der Waals surface area (Å²) in [5.41, 5.74) is 1.96. The highest BCUT2D eigenvalue weighted by molar-refractivity contribution is 14.1. The van der Waals surface area contributed by atoms with Crippen molar-refractivity contribution < 1.29 is 9.59 Å². The number of benzene rings is 2. The smallest absolute Gasteiger partial charge is 0.251 e. The van der Waals surface area contributed by atoms with E-state index in [2.05, 4.69) is 33.2 Å². The van der Waals surface area contributed by atoms with E-state index in [1.54, 1.807) is 49.5 Å². The van der Waals surface area contributed by atoms with Crippen molar-refractivity contribution in [3.63, 3.8) is 0 Å². The van der Waals surface area contributed by atoms with Crippen LogP contribution in [-0.2, 0) is 4.79 Å². The molecule has 0 heterocycles. The van der Waals surface area contributed by atoms with Crippen molar-refractivity contribution in [3.8, 4) is 0 Å². The van der Waals surface area contributed by atoms with Crippen LogP contribution >= 0.6 is 34.2 Å². The second kappa shape index (κ2) is 8.12. The number of rotatable bonds is 4. The summed E-state index contributed by atoms with van der Waals surface area (Å²) in [6.45, 7) is 0. The van der Waals surface area contributed by atoms with E-state index in [4.69, 9.17) is 11.6 Å². The second-order valence-electron chi connectivity index (χ2n) is 4.65. The highest BCUT2D eigenvalue weighted by Crippen LogP contribution is 2.23. The molecule has 2 aromatic rings. The fraction of sp³-hybridized carbons (Fsp3) is 0.0588. The molecule has 0 bridgehead atoms. The summed E-state index contributed by atoms with van der Waals surface area (Å²) in [5.74, 6) is -0.421. The van der Waals surface area contributed by atoms with Gasteiger partial charge >= 0.3 is 0 Å². The Labute approximate surface area is 153 Å². The number of hydrogen-bond acceptors (Lipinski definition) is 2. The fourth-order valence-corrected chi connectivity index (χ4v) is 2.73. The number of nitrogens with one attached hydrogen (secondary N) is 2. The Morgan fingerprint density at radius 2 is 1.83 bits per heavy atom. The van der Waals surface area contributed by atoms with Gasteiger partial charge in [-0.25, -0.2) is 0 Å². The van der Waals surface area contributed by atoms with Crippen LogP contribution < -0.4 is 10.6 Å². The van der Waals surface area contributed by atoms with Gasteiger partial charge in [0.1, 0.15) is 0 Å². The highest BCUT2D eigenvalue weighted by Gasteiger charge is 2.04. The van der Waals surface area contributed by atoms with Crippen molar-refractivity contribution in [2.45, 2.75) is 0 Å². The van der Waals surface area contributed by atoms with E-state index in [1.807, 2.05) is 6.07 Å². The molecule has 0 aliphatic rings. The summed E-state index contributed by atoms with van der Waals surface area (Å²) in [4.78, 5) is 23.4. The van der Waals surface area contributed by atoms with E-state index in [0.29, 0.717) is 16.3 Å². The number of carbonyl (C=O) groups excluding carboxylic acids is 2. The largest absolute Gasteiger partial charge is 0.355 e. The summed E-state index contributed by atoms with van der Waals surface area (Å²) in [7, 11) is 1.58. The minimum absolute atomic E-state index is 0.147. The summed E-state index contributed by atoms with van der Waals surface area (Å²) in [6, 6.07) is 12.3. The predicted molar refractivity (Wildman–Crippen MR) is 102 cm³/mol. The molecule has 0 aliphatic heterocycles. The van der Waals surface area contributed by atoms with Crippen molar-refractivity contribution in [1.29, 1.82) is 0 Å². The molecule has 0 saturated carbocycles. The van der Waals surface area contributed by atoms with E-state index in [1.165, 1.54) is 6.08 Å². The SMILES string of the molecule is CNC(=O)c1ccc(/C=C/C(=O)Nc2ccc(I)cc2Cl)cc1. The molecule has 23 heavy (non-hydrogen) atoms. The lowest BCUT2D eigenvalue weighted by Gasteiger charge is -2.05. The number of amides is 2. The van der Waals surface area contributed by atoms with Crippen molar-refractivity contribution in [1.82, 2.24) is 5.32 Å². The average molecular weight is 441 g/mol. The van der Waals surface area contributed by atoms with E-state index in [-0.39, 0.29) is 11.8 Å². The molecule has 0 aliphatic carbocycles. The van der Waals surface area contributed by atoms with Crippen molar-refractivity contribution in [3.05, 3.63) is 68.3 Å². The minimum atomic E-state index is -0.275. The first kappa shape index (κ1) is 17.5. The minimum Gasteiger partial charge on any atom is -0.355 e. The zero-order chi connectivity index (χ0) is 16.8. The lowest BCUT2D eigenvalue weighted by atomic mass is 10.1. The molecular formula is C17H14ClIN2O2. The molecule has 0 aromatic heterocycles. The molecule has 6 heteroatoms. The Kier molecular flexibility index (Phi) is 6.18. The lowest BCUT2D eigenvalue weighted by molar-refractivity contribution is -0.111. The Bertz CT molecular complexity index is 758. The molecule has 4 nitrogen and oxygen atoms in total. The topological polar surface area (TPSA) is 58.2 Å². The summed E-state index contributed by atoms with van der Waals surface area (Å²) < 4.78 is 0.998. The van der Waals surface area contributed by atoms with Gasteiger partial charge in [0, 0.05) is 22.3 Å². The van der Waals surface area contributed by atoms with Crippen LogP contribution in [0.5, 0.6) is 0 Å². The highest BCUT2D eigenvalue weighted by atomic mass is 127. The zero-order valence-corrected chi connectivity index (χ0v) is 15.2. The first-order valence-electron chi connectivity index (χ1n) is 6.76. The van der Waals surface area contributed by atoms with Gasteiger partial charge in [0.25, 0.3) is 5.91 Å². The van der Waals surface area contributed by atoms with Gasteiger partial charge in [-0.2, -0.15) is 0 Å². The van der Waals surface area contributed by atoms with Crippen LogP contribution in [0.15, 0.2) is 48.5 Å². The standard InChI is InChI=1S/C17H14ClIN2O2/c1-20-17(23)12-5-2-11(3-6-12)4-9-16(22)21-15-8-7-13(19)10-14(15)18/h2-10H,1H3,(H,20,23)(H,21,22)/b9-4+. The van der Waals surface area contributed by atoms with Gasteiger partial charge in [0.2, 0.25) is 5.91 Å². The van der Waals surface area contributed by atoms with Gasteiger partial charge in [0.05, 0.1) is 10.7 Å². The monoisotopic (exact) mass is 440 g/mol. The van der Waals surface area contributed by atoms with Crippen LogP contribution in [0.3, 0.4) is 0 Å². The number of halogens is 2. The normalized spacial score (nSPS) is 10.6. The third-order valence-corrected chi connectivity index (χ3v) is 4.00. The Balaban J connectivity index is 2.02. The van der Waals surface area contributed by atoms with Gasteiger partial charge in [-0.15, -0.1) is 0 Å². The maximum atomic E-state index is 11.9. The number of anilines is 1. The molecule has 0 spiro atoms. The molecule has 0 saturated heterocycles. The maximum absolute atomic E-state index is 11.9. The van der Waals surface area contributed by atoms with Gasteiger partial charge < -0.3 is 10.6 Å². The molecular weight excluding hydrogens is 427 g/mol. The molecule has 2 rings (SSSR count).